The second kappa shape index (κ2) is 6.31. The van der Waals surface area contributed by atoms with Gasteiger partial charge in [0, 0.05) is 16.7 Å². The van der Waals surface area contributed by atoms with Crippen molar-refractivity contribution < 1.29 is 14.3 Å². The van der Waals surface area contributed by atoms with Crippen molar-refractivity contribution in [1.82, 2.24) is 5.43 Å². The smallest absolute Gasteiger partial charge is 0.271 e. The molecule has 2 saturated carbocycles. The minimum Gasteiger partial charge on any atom is -0.495 e. The van der Waals surface area contributed by atoms with Gasteiger partial charge < -0.3 is 9.47 Å². The molecule has 1 aromatic carbocycles. The number of methoxy groups -OCH3 is 2. The Bertz CT molecular complexity index is 719. The molecule has 2 bridgehead atoms. The molecule has 0 saturated heterocycles. The largest absolute Gasteiger partial charge is 0.495 e. The average Bonchev–Trinajstić information content (AvgIpc) is 2.93. The van der Waals surface area contributed by atoms with E-state index in [1.165, 1.54) is 6.42 Å². The fraction of sp³-hybridized carbons (Fsp3) is 0.579. The molecule has 25 heavy (non-hydrogen) atoms. The number of ether oxygens (including phenoxy) is 2. The summed E-state index contributed by atoms with van der Waals surface area (Å²) in [4.78, 5) is 12.6. The maximum Gasteiger partial charge on any atom is 0.271 e. The van der Waals surface area contributed by atoms with Gasteiger partial charge in [-0.1, -0.05) is 20.8 Å². The molecule has 3 rings (SSSR count). The Morgan fingerprint density at radius 2 is 1.84 bits per heavy atom. The van der Waals surface area contributed by atoms with Crippen LogP contribution in [0.1, 0.15) is 50.4 Å². The SMILES string of the molecule is COc1cc(C(=O)N/N=C2/C[C@@H]3CC[C@]2(C)C3(C)C)cc(OC)c1Br. The molecule has 1 aromatic rings. The summed E-state index contributed by atoms with van der Waals surface area (Å²) in [5, 5.41) is 4.51. The molecule has 2 atom stereocenters. The summed E-state index contributed by atoms with van der Waals surface area (Å²) in [7, 11) is 3.11. The highest BCUT2D eigenvalue weighted by Gasteiger charge is 2.60. The minimum atomic E-state index is -0.263. The number of amides is 1. The monoisotopic (exact) mass is 408 g/mol. The summed E-state index contributed by atoms with van der Waals surface area (Å²) in [5.74, 6) is 1.48. The van der Waals surface area contributed by atoms with E-state index in [1.54, 1.807) is 26.4 Å². The van der Waals surface area contributed by atoms with E-state index < -0.39 is 0 Å². The highest BCUT2D eigenvalue weighted by Crippen LogP contribution is 2.63. The number of fused-ring (bicyclic) bond motifs is 2. The van der Waals surface area contributed by atoms with Crippen LogP contribution < -0.4 is 14.9 Å². The number of hydrogen-bond acceptors (Lipinski definition) is 4. The third-order valence-corrected chi connectivity index (χ3v) is 7.29. The van der Waals surface area contributed by atoms with E-state index in [4.69, 9.17) is 9.47 Å². The molecule has 0 spiro atoms. The Balaban J connectivity index is 1.82. The van der Waals surface area contributed by atoms with Gasteiger partial charge in [-0.3, -0.25) is 4.79 Å². The summed E-state index contributed by atoms with van der Waals surface area (Å²) < 4.78 is 11.3. The van der Waals surface area contributed by atoms with Gasteiger partial charge in [0.2, 0.25) is 0 Å². The molecule has 0 aromatic heterocycles. The first-order valence-corrected chi connectivity index (χ1v) is 9.33. The van der Waals surface area contributed by atoms with Gasteiger partial charge in [-0.25, -0.2) is 5.43 Å². The summed E-state index contributed by atoms with van der Waals surface area (Å²) in [6.45, 7) is 6.91. The number of halogens is 1. The van der Waals surface area contributed by atoms with Gasteiger partial charge in [0.25, 0.3) is 5.91 Å². The van der Waals surface area contributed by atoms with Crippen LogP contribution in [-0.2, 0) is 0 Å². The van der Waals surface area contributed by atoms with Crippen LogP contribution in [0.4, 0.5) is 0 Å². The third kappa shape index (κ3) is 2.75. The van der Waals surface area contributed by atoms with Crippen LogP contribution in [0, 0.1) is 16.7 Å². The van der Waals surface area contributed by atoms with Gasteiger partial charge in [-0.05, 0) is 58.7 Å². The van der Waals surface area contributed by atoms with Gasteiger partial charge in [0.1, 0.15) is 16.0 Å². The molecule has 5 nitrogen and oxygen atoms in total. The first kappa shape index (κ1) is 18.2. The molecule has 0 radical (unpaired) electrons. The molecule has 2 aliphatic rings. The molecule has 6 heteroatoms. The number of hydrogen-bond donors (Lipinski definition) is 1. The Labute approximate surface area is 157 Å². The second-order valence-corrected chi connectivity index (χ2v) is 8.48. The van der Waals surface area contributed by atoms with E-state index in [0.29, 0.717) is 27.5 Å². The number of benzene rings is 1. The van der Waals surface area contributed by atoms with E-state index in [1.807, 2.05) is 0 Å². The van der Waals surface area contributed by atoms with Crippen molar-refractivity contribution in [2.24, 2.45) is 21.8 Å². The van der Waals surface area contributed by atoms with Crippen LogP contribution in [0.3, 0.4) is 0 Å². The molecule has 136 valence electrons. The predicted molar refractivity (Wildman–Crippen MR) is 101 cm³/mol. The van der Waals surface area contributed by atoms with Crippen molar-refractivity contribution in [2.75, 3.05) is 14.2 Å². The van der Waals surface area contributed by atoms with Crippen LogP contribution >= 0.6 is 15.9 Å². The van der Waals surface area contributed by atoms with Gasteiger partial charge in [0.05, 0.1) is 14.2 Å². The number of rotatable bonds is 4. The van der Waals surface area contributed by atoms with Gasteiger partial charge in [-0.15, -0.1) is 0 Å². The Morgan fingerprint density at radius 1 is 1.24 bits per heavy atom. The van der Waals surface area contributed by atoms with Gasteiger partial charge >= 0.3 is 0 Å². The lowest BCUT2D eigenvalue weighted by molar-refractivity contribution is 0.0953. The standard InChI is InChI=1S/C19H25BrN2O3/c1-18(2)12-6-7-19(18,3)15(10-12)21-22-17(23)11-8-13(24-4)16(20)14(9-11)25-5/h8-9,12H,6-7,10H2,1-5H3,(H,22,23)/b21-15-/t12-,19-/m0/s1. The van der Waals surface area contributed by atoms with Gasteiger partial charge in [-0.2, -0.15) is 5.10 Å². The third-order valence-electron chi connectivity index (χ3n) is 6.51. The fourth-order valence-corrected chi connectivity index (χ4v) is 4.83. The van der Waals surface area contributed by atoms with E-state index in [9.17, 15) is 4.79 Å². The maximum atomic E-state index is 12.6. The minimum absolute atomic E-state index is 0.0695. The zero-order chi connectivity index (χ0) is 18.4. The number of nitrogens with zero attached hydrogens (tertiary/aromatic N) is 1. The van der Waals surface area contributed by atoms with Crippen molar-refractivity contribution in [2.45, 2.75) is 40.0 Å². The van der Waals surface area contributed by atoms with Crippen LogP contribution in [0.15, 0.2) is 21.7 Å². The quantitative estimate of drug-likeness (QED) is 0.750. The first-order valence-electron chi connectivity index (χ1n) is 8.53. The molecular weight excluding hydrogens is 384 g/mol. The van der Waals surface area contributed by atoms with Crippen LogP contribution in [-0.4, -0.2) is 25.8 Å². The van der Waals surface area contributed by atoms with Crippen LogP contribution in [0.25, 0.3) is 0 Å². The second-order valence-electron chi connectivity index (χ2n) is 7.69. The normalized spacial score (nSPS) is 28.2. The Hall–Kier alpha value is -1.56. The molecular formula is C19H25BrN2O3. The number of carbonyl (C=O) groups excluding carboxylic acids is 1. The molecule has 2 aliphatic carbocycles. The van der Waals surface area contributed by atoms with Gasteiger partial charge in [0.15, 0.2) is 0 Å². The highest BCUT2D eigenvalue weighted by atomic mass is 79.9. The molecule has 0 aliphatic heterocycles. The average molecular weight is 409 g/mol. The number of nitrogens with one attached hydrogen (secondary N) is 1. The van der Waals surface area contributed by atoms with Crippen molar-refractivity contribution in [1.29, 1.82) is 0 Å². The van der Waals surface area contributed by atoms with Crippen LogP contribution in [0.2, 0.25) is 0 Å². The molecule has 1 amide bonds. The molecule has 0 heterocycles. The summed E-state index contributed by atoms with van der Waals surface area (Å²) in [6, 6.07) is 3.35. The lowest BCUT2D eigenvalue weighted by Crippen LogP contribution is -2.34. The fourth-order valence-electron chi connectivity index (χ4n) is 4.28. The Kier molecular flexibility index (Phi) is 4.60. The summed E-state index contributed by atoms with van der Waals surface area (Å²) >= 11 is 3.41. The lowest BCUT2D eigenvalue weighted by atomic mass is 9.70. The first-order chi connectivity index (χ1) is 11.7. The van der Waals surface area contributed by atoms with E-state index in [2.05, 4.69) is 47.2 Å². The zero-order valence-corrected chi connectivity index (χ0v) is 17.0. The predicted octanol–water partition coefficient (Wildman–Crippen LogP) is 4.40. The molecule has 2 fully saturated rings. The number of carbonyl (C=O) groups is 1. The molecule has 1 N–H and O–H groups in total. The number of hydrazone groups is 1. The van der Waals surface area contributed by atoms with Crippen molar-refractivity contribution in [3.63, 3.8) is 0 Å². The highest BCUT2D eigenvalue weighted by molar-refractivity contribution is 9.10. The zero-order valence-electron chi connectivity index (χ0n) is 15.4. The lowest BCUT2D eigenvalue weighted by Gasteiger charge is -2.34. The van der Waals surface area contributed by atoms with Crippen molar-refractivity contribution >= 4 is 27.5 Å². The van der Waals surface area contributed by atoms with Crippen molar-refractivity contribution in [3.05, 3.63) is 22.2 Å². The van der Waals surface area contributed by atoms with E-state index in [0.717, 1.165) is 18.6 Å². The summed E-state index contributed by atoms with van der Waals surface area (Å²) in [5.41, 5.74) is 4.60. The maximum absolute atomic E-state index is 12.6. The van der Waals surface area contributed by atoms with E-state index >= 15 is 0 Å². The molecule has 0 unspecified atom stereocenters. The van der Waals surface area contributed by atoms with Crippen molar-refractivity contribution in [3.8, 4) is 11.5 Å². The summed E-state index contributed by atoms with van der Waals surface area (Å²) in [6.07, 6.45) is 3.35. The topological polar surface area (TPSA) is 59.9 Å². The van der Waals surface area contributed by atoms with Crippen LogP contribution in [0.5, 0.6) is 11.5 Å². The van der Waals surface area contributed by atoms with E-state index in [-0.39, 0.29) is 16.7 Å². The Morgan fingerprint density at radius 3 is 2.28 bits per heavy atom.